The van der Waals surface area contributed by atoms with Crippen molar-refractivity contribution in [2.24, 2.45) is 5.92 Å². The van der Waals surface area contributed by atoms with Gasteiger partial charge in [-0.25, -0.2) is 4.79 Å². The van der Waals surface area contributed by atoms with Crippen LogP contribution in [0.15, 0.2) is 41.2 Å². The molecule has 0 aliphatic carbocycles. The molecule has 2 N–H and O–H groups in total. The van der Waals surface area contributed by atoms with Crippen LogP contribution in [0.1, 0.15) is 24.5 Å². The molecule has 0 spiro atoms. The summed E-state index contributed by atoms with van der Waals surface area (Å²) in [6, 6.07) is 9.53. The minimum Gasteiger partial charge on any atom is -0.497 e. The van der Waals surface area contributed by atoms with Gasteiger partial charge in [-0.1, -0.05) is 6.07 Å². The Hall–Kier alpha value is -3.14. The first kappa shape index (κ1) is 25.0. The third-order valence-corrected chi connectivity index (χ3v) is 7.25. The van der Waals surface area contributed by atoms with Gasteiger partial charge in [-0.15, -0.1) is 0 Å². The zero-order valence-corrected chi connectivity index (χ0v) is 21.1. The van der Waals surface area contributed by atoms with Crippen LogP contribution in [0.3, 0.4) is 0 Å². The second-order valence-electron chi connectivity index (χ2n) is 8.98. The minimum absolute atomic E-state index is 0.0121. The summed E-state index contributed by atoms with van der Waals surface area (Å²) >= 11 is 1.62. The number of aromatic nitrogens is 1. The second kappa shape index (κ2) is 11.1. The van der Waals surface area contributed by atoms with E-state index in [4.69, 9.17) is 9.47 Å². The summed E-state index contributed by atoms with van der Waals surface area (Å²) in [5.41, 5.74) is 1.53. The number of methoxy groups -OCH3 is 2. The number of nitrogens with one attached hydrogen (secondary N) is 2. The number of anilines is 1. The number of ether oxygens (including phenoxy) is 2. The second-order valence-corrected chi connectivity index (χ2v) is 9.96. The number of urea groups is 1. The molecule has 2 aliphatic heterocycles. The van der Waals surface area contributed by atoms with Gasteiger partial charge in [0.15, 0.2) is 0 Å². The highest BCUT2D eigenvalue weighted by atomic mass is 32.2. The Balaban J connectivity index is 1.45. The molecule has 188 valence electrons. The number of amides is 3. The highest BCUT2D eigenvalue weighted by molar-refractivity contribution is 7.98. The van der Waals surface area contributed by atoms with Crippen molar-refractivity contribution in [2.45, 2.75) is 31.3 Å². The summed E-state index contributed by atoms with van der Waals surface area (Å²) in [6.07, 6.45) is 3.43. The Morgan fingerprint density at radius 2 is 1.86 bits per heavy atom. The first-order valence-electron chi connectivity index (χ1n) is 11.7. The van der Waals surface area contributed by atoms with Crippen molar-refractivity contribution >= 4 is 29.4 Å². The molecule has 4 rings (SSSR count). The van der Waals surface area contributed by atoms with Crippen molar-refractivity contribution in [1.29, 1.82) is 0 Å². The molecule has 0 radical (unpaired) electrons. The van der Waals surface area contributed by atoms with Crippen LogP contribution in [0.2, 0.25) is 0 Å². The van der Waals surface area contributed by atoms with Crippen LogP contribution in [0.25, 0.3) is 0 Å². The van der Waals surface area contributed by atoms with Crippen molar-refractivity contribution < 1.29 is 19.1 Å². The molecule has 1 saturated heterocycles. The monoisotopic (exact) mass is 500 g/mol. The van der Waals surface area contributed by atoms with Crippen LogP contribution in [-0.2, 0) is 11.3 Å². The summed E-state index contributed by atoms with van der Waals surface area (Å²) in [7, 11) is 3.09. The van der Waals surface area contributed by atoms with Crippen LogP contribution in [0.5, 0.6) is 11.5 Å². The van der Waals surface area contributed by atoms with E-state index in [-0.39, 0.29) is 29.3 Å². The van der Waals surface area contributed by atoms with Crippen LogP contribution in [0, 0.1) is 5.92 Å². The van der Waals surface area contributed by atoms with E-state index in [1.807, 2.05) is 16.9 Å². The fourth-order valence-electron chi connectivity index (χ4n) is 4.92. The lowest BCUT2D eigenvalue weighted by Gasteiger charge is -2.43. The molecule has 1 aromatic carbocycles. The van der Waals surface area contributed by atoms with Crippen LogP contribution >= 0.6 is 11.8 Å². The molecule has 9 nitrogen and oxygen atoms in total. The van der Waals surface area contributed by atoms with Gasteiger partial charge < -0.3 is 29.6 Å². The van der Waals surface area contributed by atoms with Gasteiger partial charge in [0.25, 0.3) is 5.56 Å². The number of benzene rings is 1. The largest absolute Gasteiger partial charge is 0.497 e. The molecule has 2 bridgehead atoms. The number of hydrogen-bond acceptors (Lipinski definition) is 6. The first-order valence-corrected chi connectivity index (χ1v) is 13.1. The van der Waals surface area contributed by atoms with E-state index in [9.17, 15) is 14.4 Å². The molecule has 2 aliphatic rings. The van der Waals surface area contributed by atoms with Gasteiger partial charge >= 0.3 is 6.03 Å². The summed E-state index contributed by atoms with van der Waals surface area (Å²) in [4.78, 5) is 40.5. The molecule has 35 heavy (non-hydrogen) atoms. The average molecular weight is 501 g/mol. The van der Waals surface area contributed by atoms with Gasteiger partial charge in [0.2, 0.25) is 5.91 Å². The molecule has 3 heterocycles. The van der Waals surface area contributed by atoms with Crippen molar-refractivity contribution in [1.82, 2.24) is 14.8 Å². The van der Waals surface area contributed by atoms with E-state index in [2.05, 4.69) is 10.6 Å². The maximum absolute atomic E-state index is 13.3. The van der Waals surface area contributed by atoms with E-state index < -0.39 is 6.04 Å². The molecule has 3 amide bonds. The van der Waals surface area contributed by atoms with Crippen LogP contribution in [0.4, 0.5) is 10.5 Å². The molecular weight excluding hydrogens is 468 g/mol. The number of hydrogen-bond donors (Lipinski definition) is 2. The van der Waals surface area contributed by atoms with E-state index in [1.165, 1.54) is 0 Å². The Morgan fingerprint density at radius 3 is 2.54 bits per heavy atom. The number of rotatable bonds is 8. The van der Waals surface area contributed by atoms with Gasteiger partial charge in [0, 0.05) is 61.2 Å². The number of nitrogens with zero attached hydrogens (tertiary/aromatic N) is 2. The van der Waals surface area contributed by atoms with Gasteiger partial charge in [-0.3, -0.25) is 9.59 Å². The SMILES string of the molecule is COc1cc(NC(=O)[C@H](CCSC)NC(=O)N2C[C@@H]3C[C@@H](C2)c2cccc(=O)n2C3)cc(OC)c1. The number of likely N-dealkylation sites (tertiary alicyclic amines) is 1. The highest BCUT2D eigenvalue weighted by Crippen LogP contribution is 2.35. The maximum atomic E-state index is 13.3. The molecular formula is C25H32N4O5S. The summed E-state index contributed by atoms with van der Waals surface area (Å²) in [6.45, 7) is 1.70. The predicted octanol–water partition coefficient (Wildman–Crippen LogP) is 2.75. The molecule has 2 aromatic rings. The van der Waals surface area contributed by atoms with E-state index in [0.29, 0.717) is 43.2 Å². The van der Waals surface area contributed by atoms with Gasteiger partial charge in [-0.05, 0) is 36.8 Å². The molecule has 0 saturated carbocycles. The molecule has 1 aromatic heterocycles. The summed E-state index contributed by atoms with van der Waals surface area (Å²) < 4.78 is 12.4. The fraction of sp³-hybridized carbons (Fsp3) is 0.480. The third-order valence-electron chi connectivity index (χ3n) is 6.61. The van der Waals surface area contributed by atoms with Gasteiger partial charge in [-0.2, -0.15) is 11.8 Å². The third kappa shape index (κ3) is 5.75. The standard InChI is InChI=1S/C25H32N4O5S/c1-33-19-10-18(11-20(12-19)34-2)26-24(31)21(7-8-35-3)27-25(32)28-13-16-9-17(15-28)22-5-4-6-23(30)29(22)14-16/h4-6,10-12,16-17,21H,7-9,13-15H2,1-3H3,(H,26,31)(H,27,32)/t16-,17-,21-/m0/s1. The number of thioether (sulfide) groups is 1. The Labute approximate surface area is 209 Å². The van der Waals surface area contributed by atoms with Crippen molar-refractivity contribution in [3.05, 3.63) is 52.4 Å². The lowest BCUT2D eigenvalue weighted by atomic mass is 9.83. The average Bonchev–Trinajstić information content (AvgIpc) is 2.86. The highest BCUT2D eigenvalue weighted by Gasteiger charge is 2.37. The van der Waals surface area contributed by atoms with E-state index in [0.717, 1.165) is 17.9 Å². The summed E-state index contributed by atoms with van der Waals surface area (Å²) in [5, 5.41) is 5.84. The lowest BCUT2D eigenvalue weighted by Crippen LogP contribution is -2.55. The molecule has 0 unspecified atom stereocenters. The van der Waals surface area contributed by atoms with Crippen LogP contribution in [-0.4, -0.2) is 66.8 Å². The number of carbonyl (C=O) groups is 2. The predicted molar refractivity (Wildman–Crippen MR) is 137 cm³/mol. The Kier molecular flexibility index (Phi) is 7.90. The zero-order chi connectivity index (χ0) is 24.9. The number of piperidine rings is 1. The smallest absolute Gasteiger partial charge is 0.318 e. The zero-order valence-electron chi connectivity index (χ0n) is 20.3. The Bertz CT molecular complexity index is 1110. The van der Waals surface area contributed by atoms with Crippen molar-refractivity contribution in [3.8, 4) is 11.5 Å². The molecule has 1 fully saturated rings. The lowest BCUT2D eigenvalue weighted by molar-refractivity contribution is -0.118. The van der Waals surface area contributed by atoms with E-state index in [1.54, 1.807) is 61.2 Å². The minimum atomic E-state index is -0.691. The molecule has 10 heteroatoms. The summed E-state index contributed by atoms with van der Waals surface area (Å²) in [5.74, 6) is 1.88. The van der Waals surface area contributed by atoms with Crippen LogP contribution < -0.4 is 25.7 Å². The van der Waals surface area contributed by atoms with Crippen molar-refractivity contribution in [2.75, 3.05) is 44.6 Å². The first-order chi connectivity index (χ1) is 16.9. The fourth-order valence-corrected chi connectivity index (χ4v) is 5.39. The number of pyridine rings is 1. The van der Waals surface area contributed by atoms with E-state index >= 15 is 0 Å². The number of fused-ring (bicyclic) bond motifs is 4. The molecule has 3 atom stereocenters. The Morgan fingerprint density at radius 1 is 1.11 bits per heavy atom. The number of carbonyl (C=O) groups excluding carboxylic acids is 2. The maximum Gasteiger partial charge on any atom is 0.318 e. The normalized spacial score (nSPS) is 19.3. The van der Waals surface area contributed by atoms with Crippen molar-refractivity contribution in [3.63, 3.8) is 0 Å². The van der Waals surface area contributed by atoms with Gasteiger partial charge in [0.1, 0.15) is 17.5 Å². The topological polar surface area (TPSA) is 102 Å². The quantitative estimate of drug-likeness (QED) is 0.578. The van der Waals surface area contributed by atoms with Gasteiger partial charge in [0.05, 0.1) is 14.2 Å².